The van der Waals surface area contributed by atoms with Crippen LogP contribution in [0.25, 0.3) is 0 Å². The number of furan rings is 1. The van der Waals surface area contributed by atoms with Crippen LogP contribution in [0.2, 0.25) is 0 Å². The minimum absolute atomic E-state index is 0.000766. The summed E-state index contributed by atoms with van der Waals surface area (Å²) in [5, 5.41) is 2.58. The summed E-state index contributed by atoms with van der Waals surface area (Å²) in [6.45, 7) is -0.00172. The summed E-state index contributed by atoms with van der Waals surface area (Å²) in [5.41, 5.74) is 0.502. The molecule has 140 valence electrons. The van der Waals surface area contributed by atoms with E-state index in [2.05, 4.69) is 10.0 Å². The smallest absolute Gasteiger partial charge is 0.251 e. The van der Waals surface area contributed by atoms with Crippen LogP contribution in [-0.2, 0) is 23.1 Å². The van der Waals surface area contributed by atoms with Crippen molar-refractivity contribution in [2.75, 3.05) is 0 Å². The van der Waals surface area contributed by atoms with Gasteiger partial charge < -0.3 is 9.73 Å². The minimum Gasteiger partial charge on any atom is -0.468 e. The van der Waals surface area contributed by atoms with Crippen LogP contribution in [0.4, 0.5) is 4.39 Å². The van der Waals surface area contributed by atoms with Crippen molar-refractivity contribution < 1.29 is 22.0 Å². The summed E-state index contributed by atoms with van der Waals surface area (Å²) in [6.07, 6.45) is 1.45. The zero-order valence-electron chi connectivity index (χ0n) is 14.2. The molecule has 0 fully saturated rings. The maximum atomic E-state index is 13.6. The van der Waals surface area contributed by atoms with Crippen molar-refractivity contribution in [2.24, 2.45) is 0 Å². The van der Waals surface area contributed by atoms with Gasteiger partial charge in [0, 0.05) is 17.7 Å². The van der Waals surface area contributed by atoms with E-state index in [1.54, 1.807) is 30.3 Å². The number of benzene rings is 2. The fraction of sp³-hybridized carbons (Fsp3) is 0.105. The Bertz CT molecular complexity index is 1030. The Balaban J connectivity index is 1.68. The summed E-state index contributed by atoms with van der Waals surface area (Å²) in [7, 11) is -3.82. The normalized spacial score (nSPS) is 11.3. The predicted molar refractivity (Wildman–Crippen MR) is 96.7 cm³/mol. The van der Waals surface area contributed by atoms with E-state index in [1.165, 1.54) is 36.6 Å². The topological polar surface area (TPSA) is 88.4 Å². The monoisotopic (exact) mass is 388 g/mol. The average Bonchev–Trinajstić information content (AvgIpc) is 3.19. The minimum atomic E-state index is -3.82. The molecule has 1 amide bonds. The number of halogens is 1. The molecule has 0 aliphatic heterocycles. The van der Waals surface area contributed by atoms with Crippen molar-refractivity contribution in [1.29, 1.82) is 0 Å². The standard InChI is InChI=1S/C19H17FN2O4S/c20-18-9-2-1-5-15(18)12-21-19(23)14-6-3-8-17(11-14)27(24,25)22-13-16-7-4-10-26-16/h1-11,22H,12-13H2,(H,21,23). The fourth-order valence-corrected chi connectivity index (χ4v) is 3.43. The first-order valence-electron chi connectivity index (χ1n) is 8.09. The molecule has 0 radical (unpaired) electrons. The van der Waals surface area contributed by atoms with E-state index in [9.17, 15) is 17.6 Å². The Labute approximate surface area is 156 Å². The zero-order chi connectivity index (χ0) is 19.3. The van der Waals surface area contributed by atoms with Gasteiger partial charge >= 0.3 is 0 Å². The lowest BCUT2D eigenvalue weighted by molar-refractivity contribution is 0.0950. The number of hydrogen-bond acceptors (Lipinski definition) is 4. The lowest BCUT2D eigenvalue weighted by atomic mass is 10.2. The highest BCUT2D eigenvalue weighted by atomic mass is 32.2. The first-order chi connectivity index (χ1) is 13.0. The van der Waals surface area contributed by atoms with Gasteiger partial charge in [-0.15, -0.1) is 0 Å². The lowest BCUT2D eigenvalue weighted by Crippen LogP contribution is -2.25. The van der Waals surface area contributed by atoms with Crippen LogP contribution in [-0.4, -0.2) is 14.3 Å². The number of sulfonamides is 1. The predicted octanol–water partition coefficient (Wildman–Crippen LogP) is 2.83. The number of carbonyl (C=O) groups excluding carboxylic acids is 1. The second kappa shape index (κ2) is 8.15. The second-order valence-corrected chi connectivity index (χ2v) is 7.47. The van der Waals surface area contributed by atoms with Crippen LogP contribution in [0.15, 0.2) is 76.2 Å². The lowest BCUT2D eigenvalue weighted by Gasteiger charge is -2.09. The van der Waals surface area contributed by atoms with Gasteiger partial charge in [-0.25, -0.2) is 17.5 Å². The van der Waals surface area contributed by atoms with Crippen LogP contribution in [0.5, 0.6) is 0 Å². The first-order valence-corrected chi connectivity index (χ1v) is 9.58. The maximum absolute atomic E-state index is 13.6. The van der Waals surface area contributed by atoms with Crippen LogP contribution in [0.3, 0.4) is 0 Å². The Kier molecular flexibility index (Phi) is 5.68. The molecule has 6 nitrogen and oxygen atoms in total. The molecule has 0 aliphatic rings. The number of carbonyl (C=O) groups is 1. The van der Waals surface area contributed by atoms with Gasteiger partial charge in [0.2, 0.25) is 10.0 Å². The zero-order valence-corrected chi connectivity index (χ0v) is 15.0. The van der Waals surface area contributed by atoms with Gasteiger partial charge in [-0.05, 0) is 36.4 Å². The largest absolute Gasteiger partial charge is 0.468 e. The van der Waals surface area contributed by atoms with E-state index in [-0.39, 0.29) is 23.5 Å². The number of rotatable bonds is 7. The molecule has 3 rings (SSSR count). The van der Waals surface area contributed by atoms with Gasteiger partial charge in [0.15, 0.2) is 0 Å². The first kappa shape index (κ1) is 18.8. The number of nitrogens with one attached hydrogen (secondary N) is 2. The van der Waals surface area contributed by atoms with E-state index >= 15 is 0 Å². The van der Waals surface area contributed by atoms with Crippen molar-refractivity contribution in [2.45, 2.75) is 18.0 Å². The third-order valence-electron chi connectivity index (χ3n) is 3.82. The summed E-state index contributed by atoms with van der Waals surface area (Å²) in [5.74, 6) is -0.449. The molecular weight excluding hydrogens is 371 g/mol. The molecule has 3 aromatic rings. The molecule has 27 heavy (non-hydrogen) atoms. The third kappa shape index (κ3) is 4.81. The number of amides is 1. The third-order valence-corrected chi connectivity index (χ3v) is 5.22. The van der Waals surface area contributed by atoms with Crippen LogP contribution >= 0.6 is 0 Å². The molecule has 0 aliphatic carbocycles. The summed E-state index contributed by atoms with van der Waals surface area (Å²) in [4.78, 5) is 12.2. The molecule has 0 saturated carbocycles. The van der Waals surface area contributed by atoms with Gasteiger partial charge in [0.25, 0.3) is 5.91 Å². The van der Waals surface area contributed by atoms with Gasteiger partial charge in [0.05, 0.1) is 17.7 Å². The average molecular weight is 388 g/mol. The number of hydrogen-bond donors (Lipinski definition) is 2. The van der Waals surface area contributed by atoms with Crippen LogP contribution in [0, 0.1) is 5.82 Å². The van der Waals surface area contributed by atoms with Gasteiger partial charge in [-0.3, -0.25) is 4.79 Å². The highest BCUT2D eigenvalue weighted by molar-refractivity contribution is 7.89. The van der Waals surface area contributed by atoms with Crippen LogP contribution < -0.4 is 10.0 Å². The van der Waals surface area contributed by atoms with Crippen molar-refractivity contribution >= 4 is 15.9 Å². The van der Waals surface area contributed by atoms with Gasteiger partial charge in [-0.1, -0.05) is 24.3 Å². The molecule has 8 heteroatoms. The summed E-state index contributed by atoms with van der Waals surface area (Å²) >= 11 is 0. The molecule has 0 bridgehead atoms. The molecule has 0 atom stereocenters. The van der Waals surface area contributed by atoms with Gasteiger partial charge in [0.1, 0.15) is 11.6 Å². The Morgan fingerprint density at radius 3 is 2.56 bits per heavy atom. The van der Waals surface area contributed by atoms with Crippen molar-refractivity contribution in [1.82, 2.24) is 10.0 Å². The molecule has 0 unspecified atom stereocenters. The highest BCUT2D eigenvalue weighted by Gasteiger charge is 2.17. The molecule has 1 heterocycles. The fourth-order valence-electron chi connectivity index (χ4n) is 2.39. The highest BCUT2D eigenvalue weighted by Crippen LogP contribution is 2.13. The maximum Gasteiger partial charge on any atom is 0.251 e. The Morgan fingerprint density at radius 2 is 1.81 bits per heavy atom. The second-order valence-electron chi connectivity index (χ2n) is 5.71. The molecular formula is C19H17FN2O4S. The van der Waals surface area contributed by atoms with Crippen LogP contribution in [0.1, 0.15) is 21.7 Å². The van der Waals surface area contributed by atoms with Crippen molar-refractivity contribution in [3.8, 4) is 0 Å². The Morgan fingerprint density at radius 1 is 1.00 bits per heavy atom. The summed E-state index contributed by atoms with van der Waals surface area (Å²) < 4.78 is 45.9. The van der Waals surface area contributed by atoms with E-state index in [0.717, 1.165) is 0 Å². The van der Waals surface area contributed by atoms with E-state index in [1.807, 2.05) is 0 Å². The SMILES string of the molecule is O=C(NCc1ccccc1F)c1cccc(S(=O)(=O)NCc2ccco2)c1. The molecule has 1 aromatic heterocycles. The molecule has 0 spiro atoms. The van der Waals surface area contributed by atoms with E-state index in [4.69, 9.17) is 4.42 Å². The molecule has 0 saturated heterocycles. The van der Waals surface area contributed by atoms with Crippen molar-refractivity contribution in [3.63, 3.8) is 0 Å². The van der Waals surface area contributed by atoms with E-state index < -0.39 is 21.7 Å². The quantitative estimate of drug-likeness (QED) is 0.651. The molecule has 2 aromatic carbocycles. The molecule has 2 N–H and O–H groups in total. The summed E-state index contributed by atoms with van der Waals surface area (Å²) in [6, 6.07) is 15.0. The van der Waals surface area contributed by atoms with Crippen molar-refractivity contribution in [3.05, 3.63) is 89.6 Å². The Hall–Kier alpha value is -2.97. The van der Waals surface area contributed by atoms with Gasteiger partial charge in [-0.2, -0.15) is 0 Å². The van der Waals surface area contributed by atoms with E-state index in [0.29, 0.717) is 11.3 Å².